The first-order chi connectivity index (χ1) is 8.15. The van der Waals surface area contributed by atoms with Gasteiger partial charge in [-0.25, -0.2) is 4.98 Å². The van der Waals surface area contributed by atoms with E-state index < -0.39 is 11.5 Å². The minimum atomic E-state index is -0.679. The van der Waals surface area contributed by atoms with Crippen molar-refractivity contribution in [1.82, 2.24) is 10.3 Å². The first kappa shape index (κ1) is 12.0. The van der Waals surface area contributed by atoms with E-state index in [1.165, 1.54) is 12.3 Å². The Labute approximate surface area is 98.9 Å². The Hall–Kier alpha value is -1.49. The molecule has 1 saturated carbocycles. The second kappa shape index (κ2) is 4.79. The van der Waals surface area contributed by atoms with Gasteiger partial charge in [0.1, 0.15) is 0 Å². The van der Waals surface area contributed by atoms with Gasteiger partial charge in [0.15, 0.2) is 0 Å². The Morgan fingerprint density at radius 3 is 2.82 bits per heavy atom. The number of nitrogens with one attached hydrogen (secondary N) is 1. The smallest absolute Gasteiger partial charge is 0.252 e. The molecule has 1 aromatic heterocycles. The number of nitrogens with zero attached hydrogens (tertiary/aromatic N) is 1. The maximum Gasteiger partial charge on any atom is 0.252 e. The molecule has 1 heterocycles. The third-order valence-electron chi connectivity index (χ3n) is 3.23. The van der Waals surface area contributed by atoms with Gasteiger partial charge >= 0.3 is 0 Å². The number of carbonyl (C=O) groups excluding carboxylic acids is 1. The molecule has 0 aromatic carbocycles. The van der Waals surface area contributed by atoms with Crippen molar-refractivity contribution in [2.75, 3.05) is 6.61 Å². The Balaban J connectivity index is 2.11. The summed E-state index contributed by atoms with van der Waals surface area (Å²) in [4.78, 5) is 15.3. The van der Waals surface area contributed by atoms with E-state index in [-0.39, 0.29) is 18.1 Å². The highest BCUT2D eigenvalue weighted by Gasteiger charge is 2.34. The van der Waals surface area contributed by atoms with Gasteiger partial charge in [0.05, 0.1) is 12.1 Å². The molecule has 0 atom stereocenters. The Kier molecular flexibility index (Phi) is 3.38. The fourth-order valence-corrected chi connectivity index (χ4v) is 2.23. The number of rotatable bonds is 3. The van der Waals surface area contributed by atoms with E-state index in [0.29, 0.717) is 0 Å². The highest BCUT2D eigenvalue weighted by Crippen LogP contribution is 2.29. The van der Waals surface area contributed by atoms with Gasteiger partial charge in [-0.1, -0.05) is 12.8 Å². The minimum Gasteiger partial charge on any atom is -0.394 e. The Morgan fingerprint density at radius 1 is 1.53 bits per heavy atom. The maximum atomic E-state index is 12.9. The van der Waals surface area contributed by atoms with Crippen molar-refractivity contribution in [3.05, 3.63) is 29.8 Å². The van der Waals surface area contributed by atoms with Gasteiger partial charge in [0, 0.05) is 17.8 Å². The summed E-state index contributed by atoms with van der Waals surface area (Å²) < 4.78 is 12.9. The van der Waals surface area contributed by atoms with Crippen LogP contribution in [-0.4, -0.2) is 28.1 Å². The molecule has 1 aliphatic rings. The number of pyridine rings is 1. The molecule has 92 valence electrons. The van der Waals surface area contributed by atoms with Crippen molar-refractivity contribution in [2.24, 2.45) is 0 Å². The number of carbonyl (C=O) groups is 1. The normalized spacial score (nSPS) is 18.0. The molecule has 1 aromatic rings. The fraction of sp³-hybridized carbons (Fsp3) is 0.500. The standard InChI is InChI=1S/C12H15FN2O2/c13-10-7-9(3-6-14-10)11(17)15-12(8-16)4-1-2-5-12/h3,6-7,16H,1-2,4-5,8H2,(H,15,17). The van der Waals surface area contributed by atoms with Gasteiger partial charge in [0.2, 0.25) is 5.95 Å². The van der Waals surface area contributed by atoms with Crippen molar-refractivity contribution >= 4 is 5.91 Å². The molecule has 1 aliphatic carbocycles. The summed E-state index contributed by atoms with van der Waals surface area (Å²) in [5.41, 5.74) is -0.297. The molecule has 0 spiro atoms. The van der Waals surface area contributed by atoms with E-state index in [2.05, 4.69) is 10.3 Å². The van der Waals surface area contributed by atoms with Crippen molar-refractivity contribution in [3.63, 3.8) is 0 Å². The number of aromatic nitrogens is 1. The van der Waals surface area contributed by atoms with Crippen LogP contribution < -0.4 is 5.32 Å². The van der Waals surface area contributed by atoms with E-state index in [0.717, 1.165) is 31.7 Å². The van der Waals surface area contributed by atoms with E-state index in [1.54, 1.807) is 0 Å². The van der Waals surface area contributed by atoms with Gasteiger partial charge in [-0.3, -0.25) is 4.79 Å². The molecule has 17 heavy (non-hydrogen) atoms. The summed E-state index contributed by atoms with van der Waals surface area (Å²) >= 11 is 0. The third kappa shape index (κ3) is 2.61. The molecule has 1 amide bonds. The summed E-state index contributed by atoms with van der Waals surface area (Å²) in [6.07, 6.45) is 4.77. The van der Waals surface area contributed by atoms with E-state index in [1.807, 2.05) is 0 Å². The van der Waals surface area contributed by atoms with Gasteiger partial charge in [-0.2, -0.15) is 4.39 Å². The molecule has 0 aliphatic heterocycles. The lowest BCUT2D eigenvalue weighted by atomic mass is 9.98. The lowest BCUT2D eigenvalue weighted by Gasteiger charge is -2.27. The summed E-state index contributed by atoms with van der Waals surface area (Å²) in [5.74, 6) is -1.04. The van der Waals surface area contributed by atoms with Crippen molar-refractivity contribution < 1.29 is 14.3 Å². The van der Waals surface area contributed by atoms with Crippen molar-refractivity contribution in [3.8, 4) is 0 Å². The minimum absolute atomic E-state index is 0.0771. The number of halogens is 1. The summed E-state index contributed by atoms with van der Waals surface area (Å²) in [6, 6.07) is 2.55. The molecule has 0 radical (unpaired) electrons. The number of amides is 1. The number of hydrogen-bond donors (Lipinski definition) is 2. The van der Waals surface area contributed by atoms with Crippen LogP contribution in [0.3, 0.4) is 0 Å². The largest absolute Gasteiger partial charge is 0.394 e. The highest BCUT2D eigenvalue weighted by atomic mass is 19.1. The predicted octanol–water partition coefficient (Wildman–Crippen LogP) is 1.26. The van der Waals surface area contributed by atoms with E-state index in [4.69, 9.17) is 0 Å². The number of aliphatic hydroxyl groups is 1. The molecule has 4 nitrogen and oxygen atoms in total. The van der Waals surface area contributed by atoms with Crippen LogP contribution in [0.5, 0.6) is 0 Å². The van der Waals surface area contributed by atoms with Crippen LogP contribution in [0.15, 0.2) is 18.3 Å². The molecular weight excluding hydrogens is 223 g/mol. The predicted molar refractivity (Wildman–Crippen MR) is 59.9 cm³/mol. The first-order valence-electron chi connectivity index (χ1n) is 5.70. The van der Waals surface area contributed by atoms with Crippen molar-refractivity contribution in [2.45, 2.75) is 31.2 Å². The molecular formula is C12H15FN2O2. The quantitative estimate of drug-likeness (QED) is 0.779. The van der Waals surface area contributed by atoms with Crippen LogP contribution in [0.2, 0.25) is 0 Å². The zero-order chi connectivity index (χ0) is 12.3. The van der Waals surface area contributed by atoms with Crippen LogP contribution >= 0.6 is 0 Å². The fourth-order valence-electron chi connectivity index (χ4n) is 2.23. The van der Waals surface area contributed by atoms with Crippen molar-refractivity contribution in [1.29, 1.82) is 0 Å². The van der Waals surface area contributed by atoms with Gasteiger partial charge in [0.25, 0.3) is 5.91 Å². The molecule has 5 heteroatoms. The zero-order valence-corrected chi connectivity index (χ0v) is 9.45. The van der Waals surface area contributed by atoms with E-state index >= 15 is 0 Å². The lowest BCUT2D eigenvalue weighted by molar-refractivity contribution is 0.0838. The van der Waals surface area contributed by atoms with Crippen LogP contribution in [0.25, 0.3) is 0 Å². The van der Waals surface area contributed by atoms with Gasteiger partial charge < -0.3 is 10.4 Å². The SMILES string of the molecule is O=C(NC1(CO)CCCC1)c1ccnc(F)c1. The molecule has 2 rings (SSSR count). The number of hydrogen-bond acceptors (Lipinski definition) is 3. The summed E-state index contributed by atoms with van der Waals surface area (Å²) in [6.45, 7) is -0.0771. The molecule has 0 bridgehead atoms. The van der Waals surface area contributed by atoms with E-state index in [9.17, 15) is 14.3 Å². The van der Waals surface area contributed by atoms with Gasteiger partial charge in [-0.15, -0.1) is 0 Å². The molecule has 2 N–H and O–H groups in total. The molecule has 0 saturated heterocycles. The monoisotopic (exact) mass is 238 g/mol. The maximum absolute atomic E-state index is 12.9. The second-order valence-corrected chi connectivity index (χ2v) is 4.47. The molecule has 1 fully saturated rings. The van der Waals surface area contributed by atoms with Crippen LogP contribution in [0.4, 0.5) is 4.39 Å². The average molecular weight is 238 g/mol. The highest BCUT2D eigenvalue weighted by molar-refractivity contribution is 5.94. The zero-order valence-electron chi connectivity index (χ0n) is 9.45. The van der Waals surface area contributed by atoms with Gasteiger partial charge in [-0.05, 0) is 18.9 Å². The summed E-state index contributed by atoms with van der Waals surface area (Å²) in [5, 5.41) is 12.2. The summed E-state index contributed by atoms with van der Waals surface area (Å²) in [7, 11) is 0. The third-order valence-corrected chi connectivity index (χ3v) is 3.23. The topological polar surface area (TPSA) is 62.2 Å². The Bertz CT molecular complexity index is 417. The van der Waals surface area contributed by atoms with Crippen LogP contribution in [-0.2, 0) is 0 Å². The van der Waals surface area contributed by atoms with Crippen LogP contribution in [0, 0.1) is 5.95 Å². The lowest BCUT2D eigenvalue weighted by Crippen LogP contribution is -2.49. The number of aliphatic hydroxyl groups excluding tert-OH is 1. The molecule has 0 unspecified atom stereocenters. The average Bonchev–Trinajstić information content (AvgIpc) is 2.78. The van der Waals surface area contributed by atoms with Crippen LogP contribution in [0.1, 0.15) is 36.0 Å². The Morgan fingerprint density at radius 2 is 2.24 bits per heavy atom. The second-order valence-electron chi connectivity index (χ2n) is 4.47. The first-order valence-corrected chi connectivity index (χ1v) is 5.70.